The summed E-state index contributed by atoms with van der Waals surface area (Å²) in [6.07, 6.45) is 10.1. The van der Waals surface area contributed by atoms with Gasteiger partial charge in [0.15, 0.2) is 5.79 Å². The zero-order valence-electron chi connectivity index (χ0n) is 27.2. The topological polar surface area (TPSA) is 97.4 Å². The quantitative estimate of drug-likeness (QED) is 0.222. The Morgan fingerprint density at radius 1 is 0.881 bits per heavy atom. The molecule has 6 atom stereocenters. The number of esters is 3. The van der Waals surface area contributed by atoms with Gasteiger partial charge >= 0.3 is 17.9 Å². The van der Waals surface area contributed by atoms with Gasteiger partial charge in [0.05, 0.1) is 43.2 Å². The first-order chi connectivity index (χ1) is 19.9. The van der Waals surface area contributed by atoms with Crippen LogP contribution in [-0.4, -0.2) is 56.2 Å². The summed E-state index contributed by atoms with van der Waals surface area (Å²) in [5.41, 5.74) is -0.812. The monoisotopic (exact) mass is 592 g/mol. The van der Waals surface area contributed by atoms with Gasteiger partial charge in [-0.25, -0.2) is 0 Å². The summed E-state index contributed by atoms with van der Waals surface area (Å²) in [5, 5.41) is 0. The molecular formula is C34H56O8. The van der Waals surface area contributed by atoms with Crippen LogP contribution in [0.5, 0.6) is 0 Å². The zero-order valence-corrected chi connectivity index (χ0v) is 27.2. The summed E-state index contributed by atoms with van der Waals surface area (Å²) in [6.45, 7) is 16.4. The van der Waals surface area contributed by atoms with Crippen LogP contribution in [0.2, 0.25) is 0 Å². The normalized spacial score (nSPS) is 31.1. The van der Waals surface area contributed by atoms with Crippen LogP contribution in [0.3, 0.4) is 0 Å². The summed E-state index contributed by atoms with van der Waals surface area (Å²) in [5.74, 6) is 1.16. The van der Waals surface area contributed by atoms with E-state index in [1.807, 2.05) is 41.5 Å². The van der Waals surface area contributed by atoms with Gasteiger partial charge in [0.1, 0.15) is 6.10 Å². The third kappa shape index (κ3) is 7.17. The molecule has 0 radical (unpaired) electrons. The Morgan fingerprint density at radius 3 is 2.10 bits per heavy atom. The maximum Gasteiger partial charge on any atom is 0.311 e. The predicted molar refractivity (Wildman–Crippen MR) is 158 cm³/mol. The molecule has 6 unspecified atom stereocenters. The summed E-state index contributed by atoms with van der Waals surface area (Å²) in [7, 11) is 0. The van der Waals surface area contributed by atoms with Crippen LogP contribution in [0.4, 0.5) is 0 Å². The van der Waals surface area contributed by atoms with E-state index in [4.69, 9.17) is 23.7 Å². The highest BCUT2D eigenvalue weighted by Gasteiger charge is 2.60. The van der Waals surface area contributed by atoms with E-state index >= 15 is 0 Å². The van der Waals surface area contributed by atoms with Gasteiger partial charge in [-0.15, -0.1) is 0 Å². The Balaban J connectivity index is 0.000000196. The Bertz CT molecular complexity index is 941. The molecular weight excluding hydrogens is 536 g/mol. The molecule has 0 aromatic rings. The molecule has 5 fully saturated rings. The van der Waals surface area contributed by atoms with Gasteiger partial charge in [0.25, 0.3) is 0 Å². The molecule has 2 heterocycles. The van der Waals surface area contributed by atoms with Crippen LogP contribution in [0.15, 0.2) is 0 Å². The molecule has 1 spiro atoms. The van der Waals surface area contributed by atoms with E-state index < -0.39 is 10.8 Å². The molecule has 0 aromatic carbocycles. The second-order valence-electron chi connectivity index (χ2n) is 14.8. The molecule has 5 aliphatic rings. The van der Waals surface area contributed by atoms with Gasteiger partial charge in [-0.3, -0.25) is 14.4 Å². The number of cyclic esters (lactones) is 1. The second kappa shape index (κ2) is 13.5. The molecule has 0 aromatic heterocycles. The predicted octanol–water partition coefficient (Wildman–Crippen LogP) is 6.48. The van der Waals surface area contributed by atoms with Crippen LogP contribution in [0.1, 0.15) is 113 Å². The van der Waals surface area contributed by atoms with Crippen molar-refractivity contribution in [3.8, 4) is 0 Å². The Morgan fingerprint density at radius 2 is 1.50 bits per heavy atom. The standard InChI is InChI=1S/C19H34O4.C15H22O4/c1-5-15(12-21-17(20)18(3,4)6-2)16-13-22-19(23-14-16)10-8-7-9-11-19;1-4-15(2,3)14(17)19-11-6-8-5-9(11)10-7-18-13(16)12(8)10/h15-16H,5-14H2,1-4H3;8-12H,4-7H2,1-3H3. The minimum atomic E-state index is -0.413. The first-order valence-electron chi connectivity index (χ1n) is 16.7. The minimum absolute atomic E-state index is 0.000856. The second-order valence-corrected chi connectivity index (χ2v) is 14.8. The van der Waals surface area contributed by atoms with Gasteiger partial charge < -0.3 is 23.7 Å². The van der Waals surface area contributed by atoms with E-state index in [1.165, 1.54) is 19.3 Å². The lowest BCUT2D eigenvalue weighted by Crippen LogP contribution is -2.47. The van der Waals surface area contributed by atoms with Crippen molar-refractivity contribution in [3.63, 3.8) is 0 Å². The van der Waals surface area contributed by atoms with E-state index in [9.17, 15) is 14.4 Å². The van der Waals surface area contributed by atoms with Crippen molar-refractivity contribution in [3.05, 3.63) is 0 Å². The Kier molecular flexibility index (Phi) is 10.7. The molecule has 5 rings (SSSR count). The van der Waals surface area contributed by atoms with Crippen molar-refractivity contribution in [1.82, 2.24) is 0 Å². The lowest BCUT2D eigenvalue weighted by Gasteiger charge is -2.44. The molecule has 0 amide bonds. The molecule has 8 heteroatoms. The third-order valence-corrected chi connectivity index (χ3v) is 11.3. The lowest BCUT2D eigenvalue weighted by molar-refractivity contribution is -0.300. The molecule has 42 heavy (non-hydrogen) atoms. The van der Waals surface area contributed by atoms with Crippen molar-refractivity contribution < 1.29 is 38.1 Å². The first kappa shape index (κ1) is 33.2. The molecule has 2 bridgehead atoms. The lowest BCUT2D eigenvalue weighted by atomic mass is 9.79. The van der Waals surface area contributed by atoms with Crippen molar-refractivity contribution in [2.75, 3.05) is 26.4 Å². The molecule has 3 saturated carbocycles. The van der Waals surface area contributed by atoms with Gasteiger partial charge in [-0.1, -0.05) is 27.2 Å². The van der Waals surface area contributed by atoms with E-state index in [-0.39, 0.29) is 41.6 Å². The maximum atomic E-state index is 12.2. The van der Waals surface area contributed by atoms with Crippen molar-refractivity contribution in [1.29, 1.82) is 0 Å². The maximum absolute atomic E-state index is 12.2. The van der Waals surface area contributed by atoms with Crippen LogP contribution < -0.4 is 0 Å². The number of hydrogen-bond acceptors (Lipinski definition) is 8. The average Bonchev–Trinajstić information content (AvgIpc) is 3.68. The highest BCUT2D eigenvalue weighted by molar-refractivity contribution is 5.77. The van der Waals surface area contributed by atoms with Crippen LogP contribution in [-0.2, 0) is 38.1 Å². The summed E-state index contributed by atoms with van der Waals surface area (Å²) in [6, 6.07) is 0. The number of carbonyl (C=O) groups excluding carboxylic acids is 3. The number of rotatable bonds is 9. The fourth-order valence-corrected chi connectivity index (χ4v) is 7.24. The summed E-state index contributed by atoms with van der Waals surface area (Å²) in [4.78, 5) is 36.0. The van der Waals surface area contributed by atoms with Gasteiger partial charge in [0.2, 0.25) is 0 Å². The summed E-state index contributed by atoms with van der Waals surface area (Å²) < 4.78 is 28.8. The number of hydrogen-bond donors (Lipinski definition) is 0. The van der Waals surface area contributed by atoms with Crippen molar-refractivity contribution in [2.45, 2.75) is 125 Å². The van der Waals surface area contributed by atoms with Gasteiger partial charge in [-0.05, 0) is 78.6 Å². The van der Waals surface area contributed by atoms with E-state index in [2.05, 4.69) is 6.92 Å². The molecule has 240 valence electrons. The Hall–Kier alpha value is -1.67. The van der Waals surface area contributed by atoms with Crippen LogP contribution in [0.25, 0.3) is 0 Å². The van der Waals surface area contributed by atoms with E-state index in [0.717, 1.165) is 58.2 Å². The van der Waals surface area contributed by atoms with E-state index in [0.29, 0.717) is 36.9 Å². The smallest absolute Gasteiger partial charge is 0.311 e. The SMILES string of the molecule is CCC(C)(C)C(=O)OC1CC2CC1C1COC(=O)C21.CCC(COC(=O)C(C)(C)CC)C1COC2(CCCCC2)OC1. The largest absolute Gasteiger partial charge is 0.465 e. The number of carbonyl (C=O) groups is 3. The molecule has 2 saturated heterocycles. The van der Waals surface area contributed by atoms with Crippen LogP contribution in [0, 0.1) is 46.3 Å². The van der Waals surface area contributed by atoms with Gasteiger partial charge in [-0.2, -0.15) is 0 Å². The highest BCUT2D eigenvalue weighted by atomic mass is 16.7. The number of fused-ring (bicyclic) bond motifs is 5. The minimum Gasteiger partial charge on any atom is -0.465 e. The molecule has 2 aliphatic heterocycles. The van der Waals surface area contributed by atoms with Crippen molar-refractivity contribution >= 4 is 17.9 Å². The first-order valence-corrected chi connectivity index (χ1v) is 16.7. The van der Waals surface area contributed by atoms with Crippen LogP contribution >= 0.6 is 0 Å². The average molecular weight is 593 g/mol. The third-order valence-electron chi connectivity index (χ3n) is 11.3. The Labute approximate surface area is 253 Å². The zero-order chi connectivity index (χ0) is 30.7. The van der Waals surface area contributed by atoms with E-state index in [1.54, 1.807) is 0 Å². The molecule has 8 nitrogen and oxygen atoms in total. The molecule has 0 N–H and O–H groups in total. The number of ether oxygens (including phenoxy) is 5. The molecule has 3 aliphatic carbocycles. The van der Waals surface area contributed by atoms with Gasteiger partial charge in [0, 0.05) is 36.5 Å². The fourth-order valence-electron chi connectivity index (χ4n) is 7.24. The summed E-state index contributed by atoms with van der Waals surface area (Å²) >= 11 is 0. The van der Waals surface area contributed by atoms with Crippen molar-refractivity contribution in [2.24, 2.45) is 46.3 Å². The fraction of sp³-hybridized carbons (Fsp3) is 0.912. The highest BCUT2D eigenvalue weighted by Crippen LogP contribution is 2.56.